The molecule has 3 N–H and O–H groups in total. The van der Waals surface area contributed by atoms with Gasteiger partial charge in [0, 0.05) is 17.5 Å². The van der Waals surface area contributed by atoms with Gasteiger partial charge in [0.05, 0.1) is 5.41 Å². The van der Waals surface area contributed by atoms with E-state index in [4.69, 9.17) is 5.73 Å². The third kappa shape index (κ3) is 3.50. The van der Waals surface area contributed by atoms with Crippen molar-refractivity contribution in [2.75, 3.05) is 6.54 Å². The normalized spacial score (nSPS) is 19.3. The Balaban J connectivity index is 0.00000180. The Morgan fingerprint density at radius 2 is 2.16 bits per heavy atom. The van der Waals surface area contributed by atoms with Crippen LogP contribution in [0.5, 0.6) is 0 Å². The van der Waals surface area contributed by atoms with Gasteiger partial charge in [-0.25, -0.2) is 0 Å². The van der Waals surface area contributed by atoms with Gasteiger partial charge < -0.3 is 11.1 Å². The van der Waals surface area contributed by atoms with Gasteiger partial charge in [-0.1, -0.05) is 25.3 Å². The summed E-state index contributed by atoms with van der Waals surface area (Å²) in [6.07, 6.45) is 5.46. The maximum absolute atomic E-state index is 12.6. The van der Waals surface area contributed by atoms with Gasteiger partial charge in [-0.2, -0.15) is 0 Å². The lowest BCUT2D eigenvalue weighted by Gasteiger charge is -2.36. The summed E-state index contributed by atoms with van der Waals surface area (Å²) >= 11 is 1.70. The molecule has 1 heterocycles. The number of carbonyl (C=O) groups is 1. The van der Waals surface area contributed by atoms with Crippen molar-refractivity contribution in [1.82, 2.24) is 5.32 Å². The van der Waals surface area contributed by atoms with Gasteiger partial charge >= 0.3 is 0 Å². The standard InChI is InChI=1S/C14H22N2OS.ClH/c1-11(10-15)16-13(17)14(7-3-2-4-8-14)12-6-5-9-18-12;/h5-6,9,11H,2-4,7-8,10,15H2,1H3,(H,16,17);1H/t11-;/m0./s1. The van der Waals surface area contributed by atoms with Crippen LogP contribution in [0.1, 0.15) is 43.9 Å². The molecule has 1 aliphatic carbocycles. The molecule has 0 spiro atoms. The quantitative estimate of drug-likeness (QED) is 0.898. The minimum absolute atomic E-state index is 0. The van der Waals surface area contributed by atoms with E-state index in [1.807, 2.05) is 13.0 Å². The molecule has 0 unspecified atom stereocenters. The summed E-state index contributed by atoms with van der Waals surface area (Å²) < 4.78 is 0. The van der Waals surface area contributed by atoms with Crippen molar-refractivity contribution in [3.63, 3.8) is 0 Å². The minimum Gasteiger partial charge on any atom is -0.352 e. The lowest BCUT2D eigenvalue weighted by molar-refractivity contribution is -0.128. The van der Waals surface area contributed by atoms with E-state index in [0.717, 1.165) is 25.7 Å². The molecule has 1 aromatic rings. The van der Waals surface area contributed by atoms with Crippen LogP contribution >= 0.6 is 23.7 Å². The number of hydrogen-bond acceptors (Lipinski definition) is 3. The second-order valence-electron chi connectivity index (χ2n) is 5.23. The topological polar surface area (TPSA) is 55.1 Å². The first-order valence-corrected chi connectivity index (χ1v) is 7.62. The third-order valence-corrected chi connectivity index (χ3v) is 4.94. The lowest BCUT2D eigenvalue weighted by atomic mass is 9.72. The van der Waals surface area contributed by atoms with Crippen molar-refractivity contribution in [2.45, 2.75) is 50.5 Å². The van der Waals surface area contributed by atoms with Crippen LogP contribution in [0.25, 0.3) is 0 Å². The van der Waals surface area contributed by atoms with Crippen LogP contribution in [0.3, 0.4) is 0 Å². The maximum Gasteiger partial charge on any atom is 0.231 e. The summed E-state index contributed by atoms with van der Waals surface area (Å²) in [5.74, 6) is 0.169. The van der Waals surface area contributed by atoms with Crippen LogP contribution in [0.15, 0.2) is 17.5 Å². The highest BCUT2D eigenvalue weighted by molar-refractivity contribution is 7.10. The molecular weight excluding hydrogens is 280 g/mol. The number of thiophene rings is 1. The summed E-state index contributed by atoms with van der Waals surface area (Å²) in [6, 6.07) is 4.19. The summed E-state index contributed by atoms with van der Waals surface area (Å²) in [4.78, 5) is 13.8. The first-order chi connectivity index (χ1) is 8.69. The Hall–Kier alpha value is -0.580. The zero-order valence-corrected chi connectivity index (χ0v) is 13.0. The average molecular weight is 303 g/mol. The van der Waals surface area contributed by atoms with Crippen molar-refractivity contribution in [1.29, 1.82) is 0 Å². The lowest BCUT2D eigenvalue weighted by Crippen LogP contribution is -2.49. The largest absolute Gasteiger partial charge is 0.352 e. The monoisotopic (exact) mass is 302 g/mol. The van der Waals surface area contributed by atoms with Gasteiger partial charge in [0.15, 0.2) is 0 Å². The number of nitrogens with two attached hydrogens (primary N) is 1. The van der Waals surface area contributed by atoms with Crippen LogP contribution in [0.2, 0.25) is 0 Å². The van der Waals surface area contributed by atoms with E-state index in [0.29, 0.717) is 6.54 Å². The number of amides is 1. The zero-order valence-electron chi connectivity index (χ0n) is 11.4. The third-order valence-electron chi connectivity index (χ3n) is 3.87. The fourth-order valence-corrected chi connectivity index (χ4v) is 3.70. The van der Waals surface area contributed by atoms with Crippen molar-refractivity contribution >= 4 is 29.7 Å². The van der Waals surface area contributed by atoms with E-state index in [1.165, 1.54) is 11.3 Å². The molecule has 1 saturated carbocycles. The Morgan fingerprint density at radius 3 is 2.68 bits per heavy atom. The van der Waals surface area contributed by atoms with Gasteiger partial charge in [0.2, 0.25) is 5.91 Å². The molecule has 1 atom stereocenters. The minimum atomic E-state index is -0.296. The molecule has 1 aromatic heterocycles. The van der Waals surface area contributed by atoms with Crippen molar-refractivity contribution in [2.24, 2.45) is 5.73 Å². The fourth-order valence-electron chi connectivity index (χ4n) is 2.71. The first-order valence-electron chi connectivity index (χ1n) is 6.74. The molecule has 1 fully saturated rings. The Kier molecular flexibility index (Phi) is 6.30. The maximum atomic E-state index is 12.6. The van der Waals surface area contributed by atoms with Crippen LogP contribution in [-0.2, 0) is 10.2 Å². The number of halogens is 1. The van der Waals surface area contributed by atoms with Crippen molar-refractivity contribution in [3.8, 4) is 0 Å². The van der Waals surface area contributed by atoms with Gasteiger partial charge in [-0.3, -0.25) is 4.79 Å². The molecule has 5 heteroatoms. The molecule has 1 amide bonds. The predicted molar refractivity (Wildman–Crippen MR) is 83.0 cm³/mol. The van der Waals surface area contributed by atoms with E-state index >= 15 is 0 Å². The zero-order chi connectivity index (χ0) is 13.0. The number of rotatable bonds is 4. The predicted octanol–water partition coefficient (Wildman–Crippen LogP) is 2.84. The second kappa shape index (κ2) is 7.27. The smallest absolute Gasteiger partial charge is 0.231 e. The van der Waals surface area contributed by atoms with Crippen molar-refractivity contribution in [3.05, 3.63) is 22.4 Å². The van der Waals surface area contributed by atoms with E-state index in [-0.39, 0.29) is 29.8 Å². The second-order valence-corrected chi connectivity index (χ2v) is 6.18. The van der Waals surface area contributed by atoms with Gasteiger partial charge in [0.25, 0.3) is 0 Å². The molecule has 3 nitrogen and oxygen atoms in total. The molecule has 0 radical (unpaired) electrons. The Morgan fingerprint density at radius 1 is 1.47 bits per heavy atom. The summed E-state index contributed by atoms with van der Waals surface area (Å²) in [7, 11) is 0. The van der Waals surface area contributed by atoms with Crippen molar-refractivity contribution < 1.29 is 4.79 Å². The first kappa shape index (κ1) is 16.5. The molecule has 0 aliphatic heterocycles. The highest BCUT2D eigenvalue weighted by Gasteiger charge is 2.42. The Labute approximate surface area is 125 Å². The molecule has 0 bridgehead atoms. The van der Waals surface area contributed by atoms with Crippen LogP contribution in [-0.4, -0.2) is 18.5 Å². The van der Waals surface area contributed by atoms with E-state index < -0.39 is 0 Å². The summed E-state index contributed by atoms with van der Waals surface area (Å²) in [5, 5.41) is 5.13. The van der Waals surface area contributed by atoms with Gasteiger partial charge in [-0.15, -0.1) is 23.7 Å². The van der Waals surface area contributed by atoms with Crippen LogP contribution in [0, 0.1) is 0 Å². The van der Waals surface area contributed by atoms with Gasteiger partial charge in [0.1, 0.15) is 0 Å². The van der Waals surface area contributed by atoms with E-state index in [9.17, 15) is 4.79 Å². The number of hydrogen-bond donors (Lipinski definition) is 2. The fraction of sp³-hybridized carbons (Fsp3) is 0.643. The molecular formula is C14H23ClN2OS. The highest BCUT2D eigenvalue weighted by Crippen LogP contribution is 2.41. The van der Waals surface area contributed by atoms with E-state index in [2.05, 4.69) is 16.8 Å². The molecule has 108 valence electrons. The summed E-state index contributed by atoms with van der Waals surface area (Å²) in [5.41, 5.74) is 5.30. The van der Waals surface area contributed by atoms with Crippen LogP contribution < -0.4 is 11.1 Å². The van der Waals surface area contributed by atoms with Crippen LogP contribution in [0.4, 0.5) is 0 Å². The molecule has 1 aliphatic rings. The average Bonchev–Trinajstić information content (AvgIpc) is 2.93. The highest BCUT2D eigenvalue weighted by atomic mass is 35.5. The van der Waals surface area contributed by atoms with Gasteiger partial charge in [-0.05, 0) is 31.2 Å². The molecule has 19 heavy (non-hydrogen) atoms. The molecule has 0 aromatic carbocycles. The van der Waals surface area contributed by atoms with E-state index in [1.54, 1.807) is 11.3 Å². The number of nitrogens with one attached hydrogen (secondary N) is 1. The Bertz CT molecular complexity index is 388. The number of carbonyl (C=O) groups excluding carboxylic acids is 1. The SMILES string of the molecule is C[C@@H](CN)NC(=O)C1(c2cccs2)CCCCC1.Cl. The molecule has 0 saturated heterocycles. The summed E-state index contributed by atoms with van der Waals surface area (Å²) in [6.45, 7) is 2.45. The molecule has 2 rings (SSSR count).